The van der Waals surface area contributed by atoms with Gasteiger partial charge in [-0.15, -0.1) is 0 Å². The molecule has 17 heavy (non-hydrogen) atoms. The number of hydrogen-bond donors (Lipinski definition) is 2. The average molecular weight is 243 g/mol. The highest BCUT2D eigenvalue weighted by molar-refractivity contribution is 5.75. The molecule has 3 nitrogen and oxygen atoms in total. The quantitative estimate of drug-likeness (QED) is 0.612. The Morgan fingerprint density at radius 3 is 2.47 bits per heavy atom. The molecular weight excluding hydrogens is 214 g/mol. The van der Waals surface area contributed by atoms with Crippen LogP contribution in [0.25, 0.3) is 0 Å². The smallest absolute Gasteiger partial charge is 0.220 e. The van der Waals surface area contributed by atoms with Gasteiger partial charge in [-0.3, -0.25) is 4.79 Å². The van der Waals surface area contributed by atoms with Crippen LogP contribution in [0.2, 0.25) is 0 Å². The first-order chi connectivity index (χ1) is 7.87. The van der Waals surface area contributed by atoms with Gasteiger partial charge in [-0.25, -0.2) is 0 Å². The molecule has 2 N–H and O–H groups in total. The van der Waals surface area contributed by atoms with E-state index in [0.29, 0.717) is 25.3 Å². The molecule has 102 valence electrons. The predicted molar refractivity (Wildman–Crippen MR) is 71.8 cm³/mol. The van der Waals surface area contributed by atoms with Crippen LogP contribution in [-0.2, 0) is 4.79 Å². The first-order valence-corrected chi connectivity index (χ1v) is 6.86. The summed E-state index contributed by atoms with van der Waals surface area (Å²) in [6.45, 7) is 8.44. The number of hydrogen-bond acceptors (Lipinski definition) is 2. The van der Waals surface area contributed by atoms with Crippen molar-refractivity contribution in [3.8, 4) is 0 Å². The Balaban J connectivity index is 3.68. The van der Waals surface area contributed by atoms with E-state index in [1.54, 1.807) is 6.92 Å². The van der Waals surface area contributed by atoms with E-state index >= 15 is 0 Å². The largest absolute Gasteiger partial charge is 0.388 e. The second-order valence-electron chi connectivity index (χ2n) is 5.68. The molecule has 0 bridgehead atoms. The lowest BCUT2D eigenvalue weighted by molar-refractivity contribution is -0.122. The number of amides is 1. The van der Waals surface area contributed by atoms with Gasteiger partial charge in [0.2, 0.25) is 5.91 Å². The minimum atomic E-state index is -0.784. The maximum Gasteiger partial charge on any atom is 0.220 e. The Bertz CT molecular complexity index is 212. The zero-order chi connectivity index (χ0) is 13.3. The molecule has 0 aromatic carbocycles. The summed E-state index contributed by atoms with van der Waals surface area (Å²) in [5.74, 6) is 0.497. The van der Waals surface area contributed by atoms with Crippen LogP contribution in [-0.4, -0.2) is 23.2 Å². The Morgan fingerprint density at radius 1 is 1.29 bits per heavy atom. The summed E-state index contributed by atoms with van der Waals surface area (Å²) < 4.78 is 0. The molecular formula is C14H29NO2. The number of carbonyl (C=O) groups is 1. The summed E-state index contributed by atoms with van der Waals surface area (Å²) in [6.07, 6.45) is 5.74. The normalized spacial score (nSPS) is 14.7. The second kappa shape index (κ2) is 8.51. The van der Waals surface area contributed by atoms with E-state index in [2.05, 4.69) is 26.1 Å². The highest BCUT2D eigenvalue weighted by Crippen LogP contribution is 2.15. The first-order valence-electron chi connectivity index (χ1n) is 6.86. The summed E-state index contributed by atoms with van der Waals surface area (Å²) in [7, 11) is 0. The number of rotatable bonds is 9. The molecule has 0 aromatic heterocycles. The minimum Gasteiger partial charge on any atom is -0.388 e. The fourth-order valence-corrected chi connectivity index (χ4v) is 2.04. The van der Waals surface area contributed by atoms with Crippen LogP contribution < -0.4 is 5.32 Å². The highest BCUT2D eigenvalue weighted by Gasteiger charge is 2.22. The predicted octanol–water partition coefficient (Wildman–Crippen LogP) is 2.87. The van der Waals surface area contributed by atoms with Gasteiger partial charge in [-0.05, 0) is 25.7 Å². The Labute approximate surface area is 106 Å². The van der Waals surface area contributed by atoms with Crippen LogP contribution >= 0.6 is 0 Å². The number of unbranched alkanes of at least 4 members (excludes halogenated alkanes) is 3. The molecule has 0 aliphatic heterocycles. The summed E-state index contributed by atoms with van der Waals surface area (Å²) in [5.41, 5.74) is -0.784. The Kier molecular flexibility index (Phi) is 8.23. The van der Waals surface area contributed by atoms with Crippen molar-refractivity contribution in [2.75, 3.05) is 6.54 Å². The molecule has 0 spiro atoms. The van der Waals surface area contributed by atoms with Gasteiger partial charge in [0.25, 0.3) is 0 Å². The highest BCUT2D eigenvalue weighted by atomic mass is 16.3. The number of aliphatic hydroxyl groups is 1. The number of nitrogens with one attached hydrogen (secondary N) is 1. The SMILES string of the molecule is CCCCCCC(=O)NCC(C)(O)CC(C)C. The van der Waals surface area contributed by atoms with E-state index in [4.69, 9.17) is 0 Å². The molecule has 1 amide bonds. The Morgan fingerprint density at radius 2 is 1.94 bits per heavy atom. The molecule has 0 saturated heterocycles. The minimum absolute atomic E-state index is 0.0603. The maximum absolute atomic E-state index is 11.5. The lowest BCUT2D eigenvalue weighted by Gasteiger charge is -2.25. The molecule has 0 rings (SSSR count). The fraction of sp³-hybridized carbons (Fsp3) is 0.929. The van der Waals surface area contributed by atoms with Gasteiger partial charge in [0.05, 0.1) is 5.60 Å². The van der Waals surface area contributed by atoms with Crippen LogP contribution in [0, 0.1) is 5.92 Å². The molecule has 0 radical (unpaired) electrons. The first kappa shape index (κ1) is 16.4. The maximum atomic E-state index is 11.5. The van der Waals surface area contributed by atoms with Gasteiger partial charge >= 0.3 is 0 Å². The standard InChI is InChI=1S/C14H29NO2/c1-5-6-7-8-9-13(16)15-11-14(4,17)10-12(2)3/h12,17H,5-11H2,1-4H3,(H,15,16). The van der Waals surface area contributed by atoms with Crippen molar-refractivity contribution in [3.05, 3.63) is 0 Å². The fourth-order valence-electron chi connectivity index (χ4n) is 2.04. The van der Waals surface area contributed by atoms with Gasteiger partial charge in [0.1, 0.15) is 0 Å². The molecule has 1 unspecified atom stereocenters. The van der Waals surface area contributed by atoms with E-state index in [0.717, 1.165) is 12.8 Å². The second-order valence-corrected chi connectivity index (χ2v) is 5.68. The van der Waals surface area contributed by atoms with E-state index in [9.17, 15) is 9.90 Å². The van der Waals surface area contributed by atoms with Gasteiger partial charge in [-0.1, -0.05) is 40.0 Å². The van der Waals surface area contributed by atoms with E-state index in [1.807, 2.05) is 0 Å². The summed E-state index contributed by atoms with van der Waals surface area (Å²) >= 11 is 0. The van der Waals surface area contributed by atoms with Crippen LogP contribution in [0.3, 0.4) is 0 Å². The molecule has 0 heterocycles. The van der Waals surface area contributed by atoms with E-state index < -0.39 is 5.60 Å². The van der Waals surface area contributed by atoms with Crippen LogP contribution in [0.5, 0.6) is 0 Å². The van der Waals surface area contributed by atoms with Crippen LogP contribution in [0.15, 0.2) is 0 Å². The Hall–Kier alpha value is -0.570. The molecule has 0 saturated carbocycles. The monoisotopic (exact) mass is 243 g/mol. The van der Waals surface area contributed by atoms with Gasteiger partial charge < -0.3 is 10.4 Å². The van der Waals surface area contributed by atoms with Crippen LogP contribution in [0.4, 0.5) is 0 Å². The lowest BCUT2D eigenvalue weighted by Crippen LogP contribution is -2.41. The van der Waals surface area contributed by atoms with Crippen LogP contribution in [0.1, 0.15) is 66.2 Å². The van der Waals surface area contributed by atoms with Crippen molar-refractivity contribution in [1.29, 1.82) is 0 Å². The van der Waals surface area contributed by atoms with Gasteiger partial charge in [0.15, 0.2) is 0 Å². The third-order valence-corrected chi connectivity index (χ3v) is 2.77. The average Bonchev–Trinajstić information content (AvgIpc) is 2.20. The van der Waals surface area contributed by atoms with Crippen molar-refractivity contribution in [3.63, 3.8) is 0 Å². The molecule has 0 fully saturated rings. The number of carbonyl (C=O) groups excluding carboxylic acids is 1. The van der Waals surface area contributed by atoms with Crippen molar-refractivity contribution in [2.45, 2.75) is 71.8 Å². The molecule has 0 aromatic rings. The van der Waals surface area contributed by atoms with E-state index in [1.165, 1.54) is 12.8 Å². The van der Waals surface area contributed by atoms with Gasteiger partial charge in [0, 0.05) is 13.0 Å². The van der Waals surface area contributed by atoms with Crippen molar-refractivity contribution < 1.29 is 9.90 Å². The summed E-state index contributed by atoms with van der Waals surface area (Å²) in [4.78, 5) is 11.5. The molecule has 1 atom stereocenters. The summed E-state index contributed by atoms with van der Waals surface area (Å²) in [5, 5.41) is 12.8. The molecule has 0 aliphatic carbocycles. The van der Waals surface area contributed by atoms with Crippen molar-refractivity contribution in [2.24, 2.45) is 5.92 Å². The van der Waals surface area contributed by atoms with Crippen molar-refractivity contribution in [1.82, 2.24) is 5.32 Å². The topological polar surface area (TPSA) is 49.3 Å². The van der Waals surface area contributed by atoms with Gasteiger partial charge in [-0.2, -0.15) is 0 Å². The summed E-state index contributed by atoms with van der Waals surface area (Å²) in [6, 6.07) is 0. The van der Waals surface area contributed by atoms with E-state index in [-0.39, 0.29) is 5.91 Å². The zero-order valence-corrected chi connectivity index (χ0v) is 11.9. The molecule has 3 heteroatoms. The zero-order valence-electron chi connectivity index (χ0n) is 11.9. The lowest BCUT2D eigenvalue weighted by atomic mass is 9.94. The molecule has 0 aliphatic rings. The third kappa shape index (κ3) is 10.3. The van der Waals surface area contributed by atoms with Crippen molar-refractivity contribution >= 4 is 5.91 Å². The third-order valence-electron chi connectivity index (χ3n) is 2.77.